The third-order valence-corrected chi connectivity index (χ3v) is 4.17. The Hall–Kier alpha value is -3.86. The predicted molar refractivity (Wildman–Crippen MR) is 103 cm³/mol. The van der Waals surface area contributed by atoms with Crippen molar-refractivity contribution in [1.82, 2.24) is 29.7 Å². The van der Waals surface area contributed by atoms with Crippen LogP contribution in [-0.4, -0.2) is 29.7 Å². The molecule has 0 fully saturated rings. The van der Waals surface area contributed by atoms with Crippen LogP contribution in [0.1, 0.15) is 29.9 Å². The molecule has 1 aromatic carbocycles. The largest absolute Gasteiger partial charge is 0.368 e. The third kappa shape index (κ3) is 3.38. The van der Waals surface area contributed by atoms with Gasteiger partial charge in [0.2, 0.25) is 5.95 Å². The number of nitrogens with two attached hydrogens (primary N) is 1. The molecule has 2 N–H and O–H groups in total. The van der Waals surface area contributed by atoms with E-state index in [0.717, 1.165) is 5.56 Å². The fourth-order valence-electron chi connectivity index (χ4n) is 2.80. The molecule has 138 valence electrons. The summed E-state index contributed by atoms with van der Waals surface area (Å²) in [5.74, 6) is 7.41. The van der Waals surface area contributed by atoms with E-state index in [1.165, 1.54) is 6.20 Å². The Labute approximate surface area is 160 Å². The summed E-state index contributed by atoms with van der Waals surface area (Å²) in [4.78, 5) is 16.5. The Balaban J connectivity index is 1.77. The number of nitrogen functional groups attached to an aromatic ring is 1. The standard InChI is InChI=1S/C20H16FN7/c1-13(19-23-8-2-9-24-19)3-4-14-5-6-15-16(12-21)27-28(17(15)11-14)18-7-10-25-20(22)26-18/h2,5-11,13H,12H2,1H3,(H2,22,25,26). The molecule has 1 unspecified atom stereocenters. The minimum Gasteiger partial charge on any atom is -0.368 e. The lowest BCUT2D eigenvalue weighted by molar-refractivity contribution is 0.475. The monoisotopic (exact) mass is 373 g/mol. The van der Waals surface area contributed by atoms with Gasteiger partial charge in [0.1, 0.15) is 18.2 Å². The van der Waals surface area contributed by atoms with Crippen molar-refractivity contribution in [1.29, 1.82) is 0 Å². The first-order valence-electron chi connectivity index (χ1n) is 8.60. The summed E-state index contributed by atoms with van der Waals surface area (Å²) in [7, 11) is 0. The first kappa shape index (κ1) is 17.5. The molecule has 0 radical (unpaired) electrons. The number of aromatic nitrogens is 6. The van der Waals surface area contributed by atoms with Crippen LogP contribution in [0.15, 0.2) is 48.9 Å². The Kier molecular flexibility index (Phi) is 4.64. The van der Waals surface area contributed by atoms with Gasteiger partial charge in [-0.1, -0.05) is 11.8 Å². The SMILES string of the molecule is CC(C#Cc1ccc2c(CF)nn(-c3ccnc(N)n3)c2c1)c1ncccn1. The molecule has 8 heteroatoms. The van der Waals surface area contributed by atoms with E-state index < -0.39 is 6.67 Å². The molecule has 0 aliphatic heterocycles. The summed E-state index contributed by atoms with van der Waals surface area (Å²) in [6, 6.07) is 8.93. The van der Waals surface area contributed by atoms with Crippen molar-refractivity contribution in [3.8, 4) is 17.7 Å². The molecule has 28 heavy (non-hydrogen) atoms. The van der Waals surface area contributed by atoms with E-state index in [9.17, 15) is 4.39 Å². The smallest absolute Gasteiger partial charge is 0.221 e. The van der Waals surface area contributed by atoms with Crippen molar-refractivity contribution in [2.24, 2.45) is 0 Å². The molecular weight excluding hydrogens is 357 g/mol. The molecule has 3 heterocycles. The summed E-state index contributed by atoms with van der Waals surface area (Å²) in [6.45, 7) is 1.26. The minimum absolute atomic E-state index is 0.120. The summed E-state index contributed by atoms with van der Waals surface area (Å²) in [5, 5.41) is 5.03. The van der Waals surface area contributed by atoms with Crippen molar-refractivity contribution in [2.75, 3.05) is 5.73 Å². The molecule has 0 amide bonds. The molecule has 0 bridgehead atoms. The van der Waals surface area contributed by atoms with Crippen LogP contribution in [0.4, 0.5) is 10.3 Å². The molecule has 4 aromatic rings. The highest BCUT2D eigenvalue weighted by atomic mass is 19.1. The van der Waals surface area contributed by atoms with Crippen LogP contribution >= 0.6 is 0 Å². The van der Waals surface area contributed by atoms with Gasteiger partial charge in [0.25, 0.3) is 0 Å². The number of anilines is 1. The number of benzene rings is 1. The van der Waals surface area contributed by atoms with E-state index in [1.54, 1.807) is 29.2 Å². The average molecular weight is 373 g/mol. The number of alkyl halides is 1. The average Bonchev–Trinajstić information content (AvgIpc) is 3.10. The van der Waals surface area contributed by atoms with Crippen molar-refractivity contribution >= 4 is 16.9 Å². The Bertz CT molecular complexity index is 1190. The zero-order valence-corrected chi connectivity index (χ0v) is 15.0. The van der Waals surface area contributed by atoms with Crippen LogP contribution in [0.25, 0.3) is 16.7 Å². The molecule has 0 spiro atoms. The van der Waals surface area contributed by atoms with Crippen LogP contribution < -0.4 is 5.73 Å². The quantitative estimate of drug-likeness (QED) is 0.555. The molecule has 7 nitrogen and oxygen atoms in total. The van der Waals surface area contributed by atoms with E-state index in [1.807, 2.05) is 25.1 Å². The maximum Gasteiger partial charge on any atom is 0.221 e. The molecular formula is C20H16FN7. The van der Waals surface area contributed by atoms with Gasteiger partial charge in [-0.15, -0.1) is 0 Å². The van der Waals surface area contributed by atoms with Gasteiger partial charge in [-0.3, -0.25) is 0 Å². The van der Waals surface area contributed by atoms with E-state index in [-0.39, 0.29) is 11.9 Å². The van der Waals surface area contributed by atoms with E-state index in [0.29, 0.717) is 28.2 Å². The van der Waals surface area contributed by atoms with Crippen LogP contribution in [0.5, 0.6) is 0 Å². The lowest BCUT2D eigenvalue weighted by Crippen LogP contribution is -2.03. The first-order chi connectivity index (χ1) is 13.7. The Morgan fingerprint density at radius 1 is 1.14 bits per heavy atom. The Morgan fingerprint density at radius 3 is 2.71 bits per heavy atom. The van der Waals surface area contributed by atoms with Gasteiger partial charge in [-0.2, -0.15) is 10.1 Å². The van der Waals surface area contributed by atoms with Crippen LogP contribution in [0, 0.1) is 11.8 Å². The topological polar surface area (TPSA) is 95.4 Å². The number of rotatable bonds is 3. The van der Waals surface area contributed by atoms with Crippen molar-refractivity contribution in [3.63, 3.8) is 0 Å². The second kappa shape index (κ2) is 7.40. The fraction of sp³-hybridized carbons (Fsp3) is 0.150. The summed E-state index contributed by atoms with van der Waals surface area (Å²) < 4.78 is 15.0. The van der Waals surface area contributed by atoms with Crippen LogP contribution in [0.3, 0.4) is 0 Å². The minimum atomic E-state index is -0.683. The molecule has 4 rings (SSSR count). The number of hydrogen-bond acceptors (Lipinski definition) is 6. The van der Waals surface area contributed by atoms with E-state index in [4.69, 9.17) is 5.73 Å². The Morgan fingerprint density at radius 2 is 1.96 bits per heavy atom. The van der Waals surface area contributed by atoms with Gasteiger partial charge < -0.3 is 5.73 Å². The number of fused-ring (bicyclic) bond motifs is 1. The van der Waals surface area contributed by atoms with Gasteiger partial charge in [0.15, 0.2) is 5.82 Å². The van der Waals surface area contributed by atoms with Gasteiger partial charge in [0.05, 0.1) is 11.4 Å². The molecule has 0 saturated carbocycles. The maximum atomic E-state index is 13.4. The molecule has 3 aromatic heterocycles. The maximum absolute atomic E-state index is 13.4. The predicted octanol–water partition coefficient (Wildman–Crippen LogP) is 2.81. The summed E-state index contributed by atoms with van der Waals surface area (Å²) in [6.07, 6.45) is 4.92. The van der Waals surface area contributed by atoms with Gasteiger partial charge >= 0.3 is 0 Å². The van der Waals surface area contributed by atoms with E-state index in [2.05, 4.69) is 36.9 Å². The van der Waals surface area contributed by atoms with Crippen molar-refractivity contribution in [3.05, 3.63) is 66.0 Å². The molecule has 0 aliphatic rings. The third-order valence-electron chi connectivity index (χ3n) is 4.17. The fourth-order valence-corrected chi connectivity index (χ4v) is 2.80. The zero-order chi connectivity index (χ0) is 19.5. The first-order valence-corrected chi connectivity index (χ1v) is 8.60. The zero-order valence-electron chi connectivity index (χ0n) is 15.0. The van der Waals surface area contributed by atoms with Crippen molar-refractivity contribution in [2.45, 2.75) is 19.5 Å². The number of hydrogen-bond donors (Lipinski definition) is 1. The number of nitrogens with zero attached hydrogens (tertiary/aromatic N) is 6. The van der Waals surface area contributed by atoms with Gasteiger partial charge in [-0.25, -0.2) is 24.0 Å². The van der Waals surface area contributed by atoms with Crippen LogP contribution in [0.2, 0.25) is 0 Å². The second-order valence-corrected chi connectivity index (χ2v) is 6.10. The van der Waals surface area contributed by atoms with Gasteiger partial charge in [0, 0.05) is 35.6 Å². The number of halogens is 1. The van der Waals surface area contributed by atoms with Crippen molar-refractivity contribution < 1.29 is 4.39 Å². The molecule has 0 aliphatic carbocycles. The van der Waals surface area contributed by atoms with E-state index >= 15 is 0 Å². The highest BCUT2D eigenvalue weighted by Gasteiger charge is 2.13. The lowest BCUT2D eigenvalue weighted by Gasteiger charge is -2.03. The normalized spacial score (nSPS) is 11.8. The highest BCUT2D eigenvalue weighted by molar-refractivity contribution is 5.84. The molecule has 1 atom stereocenters. The van der Waals surface area contributed by atoms with Gasteiger partial charge in [-0.05, 0) is 31.2 Å². The lowest BCUT2D eigenvalue weighted by atomic mass is 10.1. The highest BCUT2D eigenvalue weighted by Crippen LogP contribution is 2.23. The summed E-state index contributed by atoms with van der Waals surface area (Å²) >= 11 is 0. The molecule has 0 saturated heterocycles. The summed E-state index contributed by atoms with van der Waals surface area (Å²) in [5.41, 5.74) is 7.47. The van der Waals surface area contributed by atoms with Crippen LogP contribution in [-0.2, 0) is 6.67 Å². The second-order valence-electron chi connectivity index (χ2n) is 6.10.